The van der Waals surface area contributed by atoms with Gasteiger partial charge in [0.25, 0.3) is 5.91 Å². The maximum absolute atomic E-state index is 13.3. The molecule has 4 nitrogen and oxygen atoms in total. The molecule has 1 amide bonds. The van der Waals surface area contributed by atoms with Gasteiger partial charge in [0.1, 0.15) is 0 Å². The molecule has 0 spiro atoms. The van der Waals surface area contributed by atoms with Gasteiger partial charge in [0, 0.05) is 21.5 Å². The molecule has 0 radical (unpaired) electrons. The van der Waals surface area contributed by atoms with Crippen molar-refractivity contribution in [2.75, 3.05) is 0 Å². The highest BCUT2D eigenvalue weighted by molar-refractivity contribution is 8.18. The summed E-state index contributed by atoms with van der Waals surface area (Å²) >= 11 is 15.2. The predicted molar refractivity (Wildman–Crippen MR) is 120 cm³/mol. The third kappa shape index (κ3) is 4.30. The van der Waals surface area contributed by atoms with E-state index in [4.69, 9.17) is 28.2 Å². The smallest absolute Gasteiger partial charge is 0.267 e. The van der Waals surface area contributed by atoms with Gasteiger partial charge < -0.3 is 0 Å². The first-order valence-electron chi connectivity index (χ1n) is 9.20. The average Bonchev–Trinajstić information content (AvgIpc) is 3.21. The minimum atomic E-state index is -0.00468. The van der Waals surface area contributed by atoms with E-state index in [1.807, 2.05) is 29.3 Å². The van der Waals surface area contributed by atoms with Gasteiger partial charge in [0.15, 0.2) is 5.17 Å². The van der Waals surface area contributed by atoms with Crippen LogP contribution in [0.5, 0.6) is 0 Å². The van der Waals surface area contributed by atoms with E-state index >= 15 is 0 Å². The molecule has 1 aromatic carbocycles. The molecular formula is C20H19Cl2N3OS2. The Hall–Kier alpha value is -1.34. The third-order valence-electron chi connectivity index (χ3n) is 4.82. The van der Waals surface area contributed by atoms with Crippen LogP contribution in [0.1, 0.15) is 43.4 Å². The highest BCUT2D eigenvalue weighted by atomic mass is 35.5. The van der Waals surface area contributed by atoms with E-state index < -0.39 is 0 Å². The van der Waals surface area contributed by atoms with Crippen LogP contribution in [0.3, 0.4) is 0 Å². The molecule has 2 aromatic rings. The lowest BCUT2D eigenvalue weighted by atomic mass is 9.94. The van der Waals surface area contributed by atoms with Crippen molar-refractivity contribution < 1.29 is 4.79 Å². The number of nitrogens with zero attached hydrogens (tertiary/aromatic N) is 3. The van der Waals surface area contributed by atoms with Crippen LogP contribution in [0, 0.1) is 6.92 Å². The Labute approximate surface area is 182 Å². The summed E-state index contributed by atoms with van der Waals surface area (Å²) in [5.41, 5.74) is 1.71. The minimum Gasteiger partial charge on any atom is -0.283 e. The lowest BCUT2D eigenvalue weighted by Gasteiger charge is -2.30. The molecule has 0 atom stereocenters. The molecule has 2 fully saturated rings. The van der Waals surface area contributed by atoms with E-state index in [0.717, 1.165) is 36.9 Å². The lowest BCUT2D eigenvalue weighted by Crippen LogP contribution is -2.40. The number of thiazole rings is 1. The molecule has 0 unspecified atom stereocenters. The first-order valence-corrected chi connectivity index (χ1v) is 11.7. The second-order valence-electron chi connectivity index (χ2n) is 6.91. The van der Waals surface area contributed by atoms with Gasteiger partial charge >= 0.3 is 0 Å². The van der Waals surface area contributed by atoms with Gasteiger partial charge in [-0.1, -0.05) is 48.5 Å². The summed E-state index contributed by atoms with van der Waals surface area (Å²) in [4.78, 5) is 24.9. The fourth-order valence-electron chi connectivity index (χ4n) is 3.46. The quantitative estimate of drug-likeness (QED) is 0.487. The van der Waals surface area contributed by atoms with Gasteiger partial charge in [0.05, 0.1) is 10.6 Å². The van der Waals surface area contributed by atoms with Gasteiger partial charge in [-0.25, -0.2) is 4.98 Å². The second-order valence-corrected chi connectivity index (χ2v) is 9.60. The first-order chi connectivity index (χ1) is 13.5. The number of hydrogen-bond acceptors (Lipinski definition) is 5. The Morgan fingerprint density at radius 2 is 2.04 bits per heavy atom. The molecular weight excluding hydrogens is 433 g/mol. The number of thioether (sulfide) groups is 1. The van der Waals surface area contributed by atoms with Crippen LogP contribution in [0.4, 0.5) is 5.13 Å². The first kappa shape index (κ1) is 20.0. The Kier molecular flexibility index (Phi) is 6.11. The van der Waals surface area contributed by atoms with Gasteiger partial charge in [-0.2, -0.15) is 4.99 Å². The number of benzene rings is 1. The summed E-state index contributed by atoms with van der Waals surface area (Å²) in [5, 5.41) is 4.46. The summed E-state index contributed by atoms with van der Waals surface area (Å²) < 4.78 is 0. The van der Waals surface area contributed by atoms with E-state index in [9.17, 15) is 4.79 Å². The number of amides is 1. The van der Waals surface area contributed by atoms with Crippen LogP contribution in [-0.2, 0) is 4.79 Å². The number of aryl methyl sites for hydroxylation is 1. The van der Waals surface area contributed by atoms with Crippen molar-refractivity contribution in [2.45, 2.75) is 45.1 Å². The van der Waals surface area contributed by atoms with Crippen molar-refractivity contribution in [3.8, 4) is 0 Å². The summed E-state index contributed by atoms with van der Waals surface area (Å²) in [6.07, 6.45) is 7.37. The number of aromatic nitrogens is 1. The standard InChI is InChI=1S/C20H19Cl2N3OS2/c1-12-11-27-19(23-12)24-20-25(15-5-3-2-4-6-15)18(26)17(28-20)9-13-7-8-14(21)10-16(13)22/h7-11,15H,2-6H2,1H3/b17-9-,24-20+. The number of rotatable bonds is 3. The zero-order valence-corrected chi connectivity index (χ0v) is 18.5. The Morgan fingerprint density at radius 3 is 2.71 bits per heavy atom. The van der Waals surface area contributed by atoms with Crippen LogP contribution >= 0.6 is 46.3 Å². The molecule has 1 aromatic heterocycles. The average molecular weight is 452 g/mol. The monoisotopic (exact) mass is 451 g/mol. The fraction of sp³-hybridized carbons (Fsp3) is 0.350. The van der Waals surface area contributed by atoms with E-state index in [1.54, 1.807) is 12.1 Å². The topological polar surface area (TPSA) is 45.6 Å². The molecule has 2 heterocycles. The van der Waals surface area contributed by atoms with Crippen molar-refractivity contribution in [3.05, 3.63) is 49.8 Å². The van der Waals surface area contributed by atoms with Crippen molar-refractivity contribution in [1.82, 2.24) is 9.88 Å². The van der Waals surface area contributed by atoms with Crippen LogP contribution in [0.15, 0.2) is 33.5 Å². The van der Waals surface area contributed by atoms with Gasteiger partial charge in [0.2, 0.25) is 5.13 Å². The van der Waals surface area contributed by atoms with Crippen molar-refractivity contribution in [2.24, 2.45) is 4.99 Å². The number of carbonyl (C=O) groups excluding carboxylic acids is 1. The van der Waals surface area contributed by atoms with Gasteiger partial charge in [-0.15, -0.1) is 11.3 Å². The number of carbonyl (C=O) groups is 1. The van der Waals surface area contributed by atoms with Crippen molar-refractivity contribution >= 4 is 68.6 Å². The molecule has 4 rings (SSSR count). The van der Waals surface area contributed by atoms with E-state index in [0.29, 0.717) is 25.2 Å². The molecule has 1 saturated heterocycles. The van der Waals surface area contributed by atoms with Crippen LogP contribution < -0.4 is 0 Å². The number of amidine groups is 1. The Bertz CT molecular complexity index is 964. The van der Waals surface area contributed by atoms with E-state index in [-0.39, 0.29) is 11.9 Å². The summed E-state index contributed by atoms with van der Waals surface area (Å²) in [6, 6.07) is 5.48. The molecule has 0 bridgehead atoms. The van der Waals surface area contributed by atoms with Crippen LogP contribution in [-0.4, -0.2) is 27.0 Å². The normalized spacial score (nSPS) is 21.2. The van der Waals surface area contributed by atoms with Gasteiger partial charge in [-0.05, 0) is 55.3 Å². The molecule has 2 aliphatic rings. The maximum Gasteiger partial charge on any atom is 0.267 e. The number of halogens is 2. The van der Waals surface area contributed by atoms with Crippen LogP contribution in [0.2, 0.25) is 10.0 Å². The third-order valence-corrected chi connectivity index (χ3v) is 7.22. The van der Waals surface area contributed by atoms with Crippen molar-refractivity contribution in [3.63, 3.8) is 0 Å². The largest absolute Gasteiger partial charge is 0.283 e. The van der Waals surface area contributed by atoms with Crippen molar-refractivity contribution in [1.29, 1.82) is 0 Å². The minimum absolute atomic E-state index is 0.00468. The second kappa shape index (κ2) is 8.57. The summed E-state index contributed by atoms with van der Waals surface area (Å²) in [5.74, 6) is -0.00468. The molecule has 1 saturated carbocycles. The number of aliphatic imine (C=N–C) groups is 1. The van der Waals surface area contributed by atoms with Gasteiger partial charge in [-0.3, -0.25) is 9.69 Å². The summed E-state index contributed by atoms with van der Waals surface area (Å²) in [7, 11) is 0. The van der Waals surface area contributed by atoms with Crippen LogP contribution in [0.25, 0.3) is 6.08 Å². The lowest BCUT2D eigenvalue weighted by molar-refractivity contribution is -0.124. The summed E-state index contributed by atoms with van der Waals surface area (Å²) in [6.45, 7) is 1.94. The highest BCUT2D eigenvalue weighted by Crippen LogP contribution is 2.39. The Balaban J connectivity index is 1.70. The van der Waals surface area contributed by atoms with E-state index in [1.165, 1.54) is 29.5 Å². The molecule has 8 heteroatoms. The Morgan fingerprint density at radius 1 is 1.25 bits per heavy atom. The maximum atomic E-state index is 13.3. The SMILES string of the molecule is Cc1csc(/N=C2/S/C(=C\c3ccc(Cl)cc3Cl)C(=O)N2C2CCCCC2)n1. The highest BCUT2D eigenvalue weighted by Gasteiger charge is 2.38. The number of hydrogen-bond donors (Lipinski definition) is 0. The molecule has 28 heavy (non-hydrogen) atoms. The van der Waals surface area contributed by atoms with E-state index in [2.05, 4.69) is 4.98 Å². The molecule has 1 aliphatic carbocycles. The zero-order chi connectivity index (χ0) is 19.7. The molecule has 0 N–H and O–H groups in total. The fourth-order valence-corrected chi connectivity index (χ4v) is 5.68. The molecule has 1 aliphatic heterocycles. The zero-order valence-electron chi connectivity index (χ0n) is 15.3. The molecule has 146 valence electrons. The predicted octanol–water partition coefficient (Wildman–Crippen LogP) is 6.70.